The van der Waals surface area contributed by atoms with Gasteiger partial charge in [0.1, 0.15) is 0 Å². The molecule has 0 spiro atoms. The number of ether oxygens (including phenoxy) is 2. The monoisotopic (exact) mass is 415 g/mol. The van der Waals surface area contributed by atoms with E-state index in [0.29, 0.717) is 54.0 Å². The van der Waals surface area contributed by atoms with Crippen LogP contribution in [0.25, 0.3) is 0 Å². The zero-order valence-corrected chi connectivity index (χ0v) is 16.8. The van der Waals surface area contributed by atoms with Crippen molar-refractivity contribution in [2.24, 2.45) is 0 Å². The summed E-state index contributed by atoms with van der Waals surface area (Å²) in [5.74, 6) is 1.12. The first-order valence-electron chi connectivity index (χ1n) is 9.51. The molecule has 1 N–H and O–H groups in total. The molecular weight excluding hydrogens is 394 g/mol. The molecule has 8 heteroatoms. The quantitative estimate of drug-likeness (QED) is 0.831. The van der Waals surface area contributed by atoms with Crippen LogP contribution in [0.5, 0.6) is 11.5 Å². The lowest BCUT2D eigenvalue weighted by molar-refractivity contribution is -0.121. The molecule has 29 heavy (non-hydrogen) atoms. The SMILES string of the molecule is C[C@H](C(=O)Nc1ccc2c(c1)OCO2)N1CCN(C(=O)c2ccccc2Cl)CC1. The number of nitrogens with one attached hydrogen (secondary N) is 1. The summed E-state index contributed by atoms with van der Waals surface area (Å²) in [4.78, 5) is 29.2. The van der Waals surface area contributed by atoms with Crippen molar-refractivity contribution in [2.75, 3.05) is 38.3 Å². The predicted octanol–water partition coefficient (Wildman–Crippen LogP) is 2.85. The Hall–Kier alpha value is -2.77. The van der Waals surface area contributed by atoms with Crippen molar-refractivity contribution in [3.63, 3.8) is 0 Å². The maximum Gasteiger partial charge on any atom is 0.255 e. The standard InChI is InChI=1S/C21H22ClN3O4/c1-14(20(26)23-15-6-7-18-19(12-15)29-13-28-18)24-8-10-25(11-9-24)21(27)16-4-2-3-5-17(16)22/h2-7,12,14H,8-11,13H2,1H3,(H,23,26)/t14-/m1/s1. The fourth-order valence-corrected chi connectivity index (χ4v) is 3.72. The number of anilines is 1. The molecule has 1 fully saturated rings. The Balaban J connectivity index is 1.32. The molecule has 2 amide bonds. The molecule has 2 aromatic rings. The largest absolute Gasteiger partial charge is 0.454 e. The van der Waals surface area contributed by atoms with E-state index in [1.807, 2.05) is 6.92 Å². The number of piperazine rings is 1. The lowest BCUT2D eigenvalue weighted by Gasteiger charge is -2.37. The van der Waals surface area contributed by atoms with Gasteiger partial charge in [-0.15, -0.1) is 0 Å². The van der Waals surface area contributed by atoms with Crippen molar-refractivity contribution in [2.45, 2.75) is 13.0 Å². The van der Waals surface area contributed by atoms with Gasteiger partial charge >= 0.3 is 0 Å². The van der Waals surface area contributed by atoms with Gasteiger partial charge in [0.2, 0.25) is 12.7 Å². The highest BCUT2D eigenvalue weighted by atomic mass is 35.5. The molecule has 7 nitrogen and oxygen atoms in total. The summed E-state index contributed by atoms with van der Waals surface area (Å²) < 4.78 is 10.6. The van der Waals surface area contributed by atoms with Crippen LogP contribution in [0, 0.1) is 0 Å². The number of nitrogens with zero attached hydrogens (tertiary/aromatic N) is 2. The van der Waals surface area contributed by atoms with Crippen LogP contribution >= 0.6 is 11.6 Å². The number of carbonyl (C=O) groups is 2. The van der Waals surface area contributed by atoms with Gasteiger partial charge in [-0.1, -0.05) is 23.7 Å². The van der Waals surface area contributed by atoms with Crippen molar-refractivity contribution >= 4 is 29.1 Å². The van der Waals surface area contributed by atoms with E-state index >= 15 is 0 Å². The maximum absolute atomic E-state index is 12.7. The first kappa shape index (κ1) is 19.5. The number of fused-ring (bicyclic) bond motifs is 1. The van der Waals surface area contributed by atoms with Crippen molar-refractivity contribution in [1.29, 1.82) is 0 Å². The highest BCUT2D eigenvalue weighted by Crippen LogP contribution is 2.34. The fourth-order valence-electron chi connectivity index (χ4n) is 3.50. The summed E-state index contributed by atoms with van der Waals surface area (Å²) in [6.07, 6.45) is 0. The molecule has 0 radical (unpaired) electrons. The van der Waals surface area contributed by atoms with Gasteiger partial charge in [0, 0.05) is 37.9 Å². The van der Waals surface area contributed by atoms with Gasteiger partial charge in [0.05, 0.1) is 16.6 Å². The van der Waals surface area contributed by atoms with Gasteiger partial charge in [-0.3, -0.25) is 14.5 Å². The van der Waals surface area contributed by atoms with E-state index in [-0.39, 0.29) is 24.6 Å². The molecule has 0 unspecified atom stereocenters. The smallest absolute Gasteiger partial charge is 0.255 e. The Morgan fingerprint density at radius 2 is 1.76 bits per heavy atom. The van der Waals surface area contributed by atoms with Crippen molar-refractivity contribution in [1.82, 2.24) is 9.80 Å². The molecular formula is C21H22ClN3O4. The van der Waals surface area contributed by atoms with Gasteiger partial charge in [-0.05, 0) is 31.2 Å². The van der Waals surface area contributed by atoms with E-state index < -0.39 is 0 Å². The molecule has 4 rings (SSSR count). The van der Waals surface area contributed by atoms with Crippen LogP contribution in [0.15, 0.2) is 42.5 Å². The second-order valence-corrected chi connectivity index (χ2v) is 7.45. The molecule has 1 atom stereocenters. The molecule has 0 saturated carbocycles. The van der Waals surface area contributed by atoms with E-state index in [0.717, 1.165) is 0 Å². The minimum Gasteiger partial charge on any atom is -0.454 e. The third kappa shape index (κ3) is 4.16. The molecule has 0 aliphatic carbocycles. The molecule has 152 valence electrons. The zero-order chi connectivity index (χ0) is 20.4. The fraction of sp³-hybridized carbons (Fsp3) is 0.333. The average Bonchev–Trinajstić information content (AvgIpc) is 3.21. The number of carbonyl (C=O) groups excluding carboxylic acids is 2. The summed E-state index contributed by atoms with van der Waals surface area (Å²) in [7, 11) is 0. The van der Waals surface area contributed by atoms with Gasteiger partial charge in [-0.25, -0.2) is 0 Å². The lowest BCUT2D eigenvalue weighted by atomic mass is 10.1. The van der Waals surface area contributed by atoms with E-state index in [1.165, 1.54) is 0 Å². The third-order valence-electron chi connectivity index (χ3n) is 5.27. The number of hydrogen-bond donors (Lipinski definition) is 1. The Morgan fingerprint density at radius 3 is 2.52 bits per heavy atom. The van der Waals surface area contributed by atoms with Crippen LogP contribution in [-0.2, 0) is 4.79 Å². The molecule has 1 saturated heterocycles. The minimum atomic E-state index is -0.321. The van der Waals surface area contributed by atoms with Crippen LogP contribution in [-0.4, -0.2) is 60.6 Å². The van der Waals surface area contributed by atoms with E-state index in [9.17, 15) is 9.59 Å². The van der Waals surface area contributed by atoms with Crippen molar-refractivity contribution in [3.8, 4) is 11.5 Å². The molecule has 2 aliphatic rings. The van der Waals surface area contributed by atoms with E-state index in [4.69, 9.17) is 21.1 Å². The van der Waals surface area contributed by atoms with Crippen LogP contribution in [0.1, 0.15) is 17.3 Å². The van der Waals surface area contributed by atoms with Crippen LogP contribution in [0.3, 0.4) is 0 Å². The molecule has 2 aliphatic heterocycles. The van der Waals surface area contributed by atoms with Gasteiger partial charge < -0.3 is 19.7 Å². The first-order chi connectivity index (χ1) is 14.0. The minimum absolute atomic E-state index is 0.0762. The zero-order valence-electron chi connectivity index (χ0n) is 16.1. The number of halogens is 1. The second kappa shape index (κ2) is 8.31. The van der Waals surface area contributed by atoms with Crippen molar-refractivity contribution in [3.05, 3.63) is 53.1 Å². The van der Waals surface area contributed by atoms with Crippen LogP contribution in [0.4, 0.5) is 5.69 Å². The first-order valence-corrected chi connectivity index (χ1v) is 9.89. The number of amides is 2. The summed E-state index contributed by atoms with van der Waals surface area (Å²) in [5.41, 5.74) is 1.18. The van der Waals surface area contributed by atoms with Crippen molar-refractivity contribution < 1.29 is 19.1 Å². The van der Waals surface area contributed by atoms with Crippen LogP contribution < -0.4 is 14.8 Å². The summed E-state index contributed by atoms with van der Waals surface area (Å²) in [6.45, 7) is 4.39. The second-order valence-electron chi connectivity index (χ2n) is 7.04. The maximum atomic E-state index is 12.7. The Bertz CT molecular complexity index is 928. The number of rotatable bonds is 4. The molecule has 0 bridgehead atoms. The lowest BCUT2D eigenvalue weighted by Crippen LogP contribution is -2.54. The number of hydrogen-bond acceptors (Lipinski definition) is 5. The summed E-state index contributed by atoms with van der Waals surface area (Å²) in [6, 6.07) is 12.1. The Morgan fingerprint density at radius 1 is 1.03 bits per heavy atom. The van der Waals surface area contributed by atoms with E-state index in [1.54, 1.807) is 47.4 Å². The molecule has 2 heterocycles. The van der Waals surface area contributed by atoms with Gasteiger partial charge in [0.15, 0.2) is 11.5 Å². The molecule has 2 aromatic carbocycles. The highest BCUT2D eigenvalue weighted by molar-refractivity contribution is 6.33. The highest BCUT2D eigenvalue weighted by Gasteiger charge is 2.28. The Labute approximate surface area is 174 Å². The summed E-state index contributed by atoms with van der Waals surface area (Å²) in [5, 5.41) is 3.38. The third-order valence-corrected chi connectivity index (χ3v) is 5.60. The van der Waals surface area contributed by atoms with Crippen LogP contribution in [0.2, 0.25) is 5.02 Å². The number of benzene rings is 2. The van der Waals surface area contributed by atoms with Gasteiger partial charge in [0.25, 0.3) is 5.91 Å². The Kier molecular flexibility index (Phi) is 5.60. The van der Waals surface area contributed by atoms with Gasteiger partial charge in [-0.2, -0.15) is 0 Å². The molecule has 0 aromatic heterocycles. The predicted molar refractivity (Wildman–Crippen MR) is 110 cm³/mol. The average molecular weight is 416 g/mol. The summed E-state index contributed by atoms with van der Waals surface area (Å²) >= 11 is 6.14. The topological polar surface area (TPSA) is 71.1 Å². The van der Waals surface area contributed by atoms with E-state index in [2.05, 4.69) is 10.2 Å². The normalized spacial score (nSPS) is 17.1.